The van der Waals surface area contributed by atoms with Crippen molar-refractivity contribution in [2.75, 3.05) is 5.32 Å². The van der Waals surface area contributed by atoms with Gasteiger partial charge in [0.15, 0.2) is 10.3 Å². The number of Topliss-reactive ketones (excluding diaryl/α,β-unsaturated/α-hetero) is 1. The Kier molecular flexibility index (Phi) is 4.74. The fourth-order valence-electron chi connectivity index (χ4n) is 2.24. The molecule has 0 unspecified atom stereocenters. The van der Waals surface area contributed by atoms with Gasteiger partial charge in [-0.1, -0.05) is 65.4 Å². The van der Waals surface area contributed by atoms with Crippen molar-refractivity contribution in [1.82, 2.24) is 4.98 Å². The van der Waals surface area contributed by atoms with Gasteiger partial charge in [-0.3, -0.25) is 9.59 Å². The van der Waals surface area contributed by atoms with Gasteiger partial charge < -0.3 is 5.32 Å². The molecule has 0 aliphatic rings. The molecule has 0 fully saturated rings. The van der Waals surface area contributed by atoms with E-state index in [2.05, 4.69) is 10.3 Å². The molecule has 1 aromatic heterocycles. The largest absolute Gasteiger partial charge is 0.321 e. The minimum absolute atomic E-state index is 0.0584. The lowest BCUT2D eigenvalue weighted by atomic mass is 10.1. The first kappa shape index (κ1) is 16.4. The predicted octanol–water partition coefficient (Wildman–Crippen LogP) is 4.92. The van der Waals surface area contributed by atoms with Crippen LogP contribution in [-0.2, 0) is 0 Å². The molecule has 1 N–H and O–H groups in total. The van der Waals surface area contributed by atoms with Crippen LogP contribution in [0.4, 0.5) is 5.69 Å². The number of amides is 1. The third-order valence-corrected chi connectivity index (χ3v) is 4.54. The number of aromatic nitrogens is 1. The minimum Gasteiger partial charge on any atom is -0.321 e. The number of benzene rings is 2. The normalized spacial score (nSPS) is 10.4. The van der Waals surface area contributed by atoms with E-state index < -0.39 is 0 Å². The van der Waals surface area contributed by atoms with Crippen LogP contribution < -0.4 is 5.32 Å². The summed E-state index contributed by atoms with van der Waals surface area (Å²) in [6.07, 6.45) is 0. The molecular weight excluding hydrogens is 344 g/mol. The van der Waals surface area contributed by atoms with Crippen molar-refractivity contribution in [1.29, 1.82) is 0 Å². The summed E-state index contributed by atoms with van der Waals surface area (Å²) >= 11 is 7.13. The lowest BCUT2D eigenvalue weighted by Crippen LogP contribution is -2.12. The van der Waals surface area contributed by atoms with Crippen molar-refractivity contribution in [3.63, 3.8) is 0 Å². The molecule has 0 atom stereocenters. The highest BCUT2D eigenvalue weighted by molar-refractivity contribution is 7.18. The average molecular weight is 357 g/mol. The molecule has 2 aromatic carbocycles. The number of thiazole rings is 1. The summed E-state index contributed by atoms with van der Waals surface area (Å²) in [5.41, 5.74) is 2.46. The van der Waals surface area contributed by atoms with Crippen LogP contribution in [0.1, 0.15) is 27.0 Å². The molecule has 3 aromatic rings. The van der Waals surface area contributed by atoms with E-state index in [0.717, 1.165) is 16.9 Å². The highest BCUT2D eigenvalue weighted by Gasteiger charge is 2.19. The first-order chi connectivity index (χ1) is 11.5. The molecule has 0 bridgehead atoms. The maximum atomic E-state index is 12.6. The van der Waals surface area contributed by atoms with Crippen molar-refractivity contribution in [3.05, 3.63) is 69.5 Å². The molecule has 24 heavy (non-hydrogen) atoms. The second-order valence-electron chi connectivity index (χ2n) is 5.10. The van der Waals surface area contributed by atoms with Gasteiger partial charge in [-0.05, 0) is 19.1 Å². The average Bonchev–Trinajstić information content (AvgIpc) is 2.98. The SMILES string of the molecule is CC(=O)c1cccc(NC(=O)c2sc(Cl)nc2-c2ccccc2)c1. The number of carbonyl (C=O) groups is 2. The third kappa shape index (κ3) is 3.53. The van der Waals surface area contributed by atoms with E-state index in [1.807, 2.05) is 30.3 Å². The molecule has 0 aliphatic carbocycles. The molecule has 1 heterocycles. The molecule has 120 valence electrons. The lowest BCUT2D eigenvalue weighted by molar-refractivity contribution is 0.101. The highest BCUT2D eigenvalue weighted by Crippen LogP contribution is 2.31. The Labute approximate surface area is 148 Å². The molecule has 0 saturated heterocycles. The Morgan fingerprint density at radius 2 is 1.83 bits per heavy atom. The maximum absolute atomic E-state index is 12.6. The predicted molar refractivity (Wildman–Crippen MR) is 97.0 cm³/mol. The summed E-state index contributed by atoms with van der Waals surface area (Å²) in [5.74, 6) is -0.365. The van der Waals surface area contributed by atoms with Crippen molar-refractivity contribution >= 4 is 40.3 Å². The van der Waals surface area contributed by atoms with E-state index in [-0.39, 0.29) is 11.7 Å². The highest BCUT2D eigenvalue weighted by atomic mass is 35.5. The second kappa shape index (κ2) is 6.95. The molecular formula is C18H13ClN2O2S. The summed E-state index contributed by atoms with van der Waals surface area (Å²) in [6, 6.07) is 16.2. The monoisotopic (exact) mass is 356 g/mol. The Balaban J connectivity index is 1.91. The number of rotatable bonds is 4. The molecule has 4 nitrogen and oxygen atoms in total. The fraction of sp³-hybridized carbons (Fsp3) is 0.0556. The molecule has 0 spiro atoms. The van der Waals surface area contributed by atoms with E-state index >= 15 is 0 Å². The van der Waals surface area contributed by atoms with Crippen LogP contribution in [0.25, 0.3) is 11.3 Å². The zero-order valence-corrected chi connectivity index (χ0v) is 14.3. The number of anilines is 1. The summed E-state index contributed by atoms with van der Waals surface area (Å²) in [5, 5.41) is 2.80. The van der Waals surface area contributed by atoms with E-state index in [0.29, 0.717) is 26.3 Å². The first-order valence-electron chi connectivity index (χ1n) is 7.18. The smallest absolute Gasteiger partial charge is 0.268 e. The Bertz CT molecular complexity index is 906. The number of hydrogen-bond acceptors (Lipinski definition) is 4. The number of nitrogens with zero attached hydrogens (tertiary/aromatic N) is 1. The number of ketones is 1. The first-order valence-corrected chi connectivity index (χ1v) is 8.38. The quantitative estimate of drug-likeness (QED) is 0.675. The standard InChI is InChI=1S/C18H13ClN2O2S/c1-11(22)13-8-5-9-14(10-13)20-17(23)16-15(21-18(19)24-16)12-6-3-2-4-7-12/h2-10H,1H3,(H,20,23). The van der Waals surface area contributed by atoms with E-state index in [9.17, 15) is 9.59 Å². The van der Waals surface area contributed by atoms with E-state index in [1.54, 1.807) is 24.3 Å². The number of nitrogens with one attached hydrogen (secondary N) is 1. The molecule has 0 aliphatic heterocycles. The summed E-state index contributed by atoms with van der Waals surface area (Å²) in [4.78, 5) is 28.8. The maximum Gasteiger partial charge on any atom is 0.268 e. The van der Waals surface area contributed by atoms with Crippen LogP contribution in [0.5, 0.6) is 0 Å². The van der Waals surface area contributed by atoms with Crippen molar-refractivity contribution in [3.8, 4) is 11.3 Å². The molecule has 0 radical (unpaired) electrons. The number of halogens is 1. The second-order valence-corrected chi connectivity index (χ2v) is 6.68. The van der Waals surface area contributed by atoms with E-state index in [4.69, 9.17) is 11.6 Å². The third-order valence-electron chi connectivity index (χ3n) is 3.38. The van der Waals surface area contributed by atoms with Crippen LogP contribution in [-0.4, -0.2) is 16.7 Å². The zero-order valence-electron chi connectivity index (χ0n) is 12.7. The lowest BCUT2D eigenvalue weighted by Gasteiger charge is -2.06. The molecule has 3 rings (SSSR count). The summed E-state index contributed by atoms with van der Waals surface area (Å²) < 4.78 is 0.302. The van der Waals surface area contributed by atoms with Crippen LogP contribution in [0.2, 0.25) is 4.47 Å². The molecule has 6 heteroatoms. The Morgan fingerprint density at radius 1 is 1.08 bits per heavy atom. The van der Waals surface area contributed by atoms with Crippen LogP contribution >= 0.6 is 22.9 Å². The van der Waals surface area contributed by atoms with Gasteiger partial charge in [0.25, 0.3) is 5.91 Å². The van der Waals surface area contributed by atoms with Gasteiger partial charge in [0.1, 0.15) is 4.88 Å². The molecule has 1 amide bonds. The van der Waals surface area contributed by atoms with E-state index in [1.165, 1.54) is 6.92 Å². The van der Waals surface area contributed by atoms with Crippen LogP contribution in [0.3, 0.4) is 0 Å². The summed E-state index contributed by atoms with van der Waals surface area (Å²) in [7, 11) is 0. The van der Waals surface area contributed by atoms with Gasteiger partial charge in [-0.15, -0.1) is 0 Å². The molecule has 0 saturated carbocycles. The van der Waals surface area contributed by atoms with Crippen molar-refractivity contribution in [2.45, 2.75) is 6.92 Å². The van der Waals surface area contributed by atoms with Crippen molar-refractivity contribution in [2.24, 2.45) is 0 Å². The van der Waals surface area contributed by atoms with Gasteiger partial charge in [-0.2, -0.15) is 0 Å². The van der Waals surface area contributed by atoms with Crippen LogP contribution in [0, 0.1) is 0 Å². The van der Waals surface area contributed by atoms with Gasteiger partial charge in [0.05, 0.1) is 5.69 Å². The van der Waals surface area contributed by atoms with Gasteiger partial charge in [0, 0.05) is 16.8 Å². The van der Waals surface area contributed by atoms with Gasteiger partial charge >= 0.3 is 0 Å². The van der Waals surface area contributed by atoms with Crippen LogP contribution in [0.15, 0.2) is 54.6 Å². The fourth-order valence-corrected chi connectivity index (χ4v) is 3.27. The topological polar surface area (TPSA) is 59.1 Å². The zero-order chi connectivity index (χ0) is 17.1. The number of carbonyl (C=O) groups excluding carboxylic acids is 2. The van der Waals surface area contributed by atoms with Gasteiger partial charge in [-0.25, -0.2) is 4.98 Å². The summed E-state index contributed by atoms with van der Waals surface area (Å²) in [6.45, 7) is 1.48. The van der Waals surface area contributed by atoms with Gasteiger partial charge in [0.2, 0.25) is 0 Å². The Hall–Kier alpha value is -2.50. The number of hydrogen-bond donors (Lipinski definition) is 1. The minimum atomic E-state index is -0.307. The Morgan fingerprint density at radius 3 is 2.54 bits per heavy atom. The van der Waals surface area contributed by atoms with Crippen molar-refractivity contribution < 1.29 is 9.59 Å².